The molecule has 0 bridgehead atoms. The number of ketones is 1. The Labute approximate surface area is 82.8 Å². The molecule has 0 radical (unpaired) electrons. The molecule has 14 heavy (non-hydrogen) atoms. The maximum absolute atomic E-state index is 11.0. The molecule has 4 heteroatoms. The molecule has 0 saturated heterocycles. The van der Waals surface area contributed by atoms with Crippen LogP contribution in [0.15, 0.2) is 18.2 Å². The van der Waals surface area contributed by atoms with Crippen LogP contribution in [0.2, 0.25) is 0 Å². The molecule has 0 fully saturated rings. The molecule has 0 amide bonds. The maximum Gasteiger partial charge on any atom is 0.169 e. The summed E-state index contributed by atoms with van der Waals surface area (Å²) in [6.07, 6.45) is 0.461. The molecule has 4 N–H and O–H groups in total. The third-order valence-electron chi connectivity index (χ3n) is 1.82. The van der Waals surface area contributed by atoms with Crippen molar-refractivity contribution in [1.82, 2.24) is 0 Å². The highest BCUT2D eigenvalue weighted by Gasteiger charge is 2.03. The molecule has 1 aromatic carbocycles. The summed E-state index contributed by atoms with van der Waals surface area (Å²) in [6.45, 7) is 1.83. The normalized spacial score (nSPS) is 9.79. The molecule has 4 nitrogen and oxygen atoms in total. The van der Waals surface area contributed by atoms with E-state index in [-0.39, 0.29) is 12.4 Å². The molecule has 1 aromatic rings. The van der Waals surface area contributed by atoms with Gasteiger partial charge in [0.2, 0.25) is 0 Å². The summed E-state index contributed by atoms with van der Waals surface area (Å²) < 4.78 is 5.22. The highest BCUT2D eigenvalue weighted by Crippen LogP contribution is 2.23. The van der Waals surface area contributed by atoms with Gasteiger partial charge in [0, 0.05) is 18.2 Å². The van der Waals surface area contributed by atoms with Gasteiger partial charge in [0.05, 0.1) is 5.69 Å². The fourth-order valence-electron chi connectivity index (χ4n) is 0.936. The number of anilines is 2. The molecule has 0 heterocycles. The van der Waals surface area contributed by atoms with E-state index in [2.05, 4.69) is 0 Å². The van der Waals surface area contributed by atoms with E-state index < -0.39 is 0 Å². The third-order valence-corrected chi connectivity index (χ3v) is 1.82. The van der Waals surface area contributed by atoms with Crippen LogP contribution in [0.3, 0.4) is 0 Å². The van der Waals surface area contributed by atoms with Gasteiger partial charge in [0.15, 0.2) is 5.78 Å². The van der Waals surface area contributed by atoms with Crippen molar-refractivity contribution < 1.29 is 9.53 Å². The molecule has 1 rings (SSSR count). The lowest BCUT2D eigenvalue weighted by Gasteiger charge is -2.07. The second-order valence-corrected chi connectivity index (χ2v) is 2.98. The summed E-state index contributed by atoms with van der Waals surface area (Å²) in [5.41, 5.74) is 12.2. The Morgan fingerprint density at radius 1 is 1.43 bits per heavy atom. The Morgan fingerprint density at radius 2 is 2.14 bits per heavy atom. The first-order chi connectivity index (χ1) is 6.63. The molecule has 0 atom stereocenters. The quantitative estimate of drug-likeness (QED) is 0.706. The summed E-state index contributed by atoms with van der Waals surface area (Å²) in [5, 5.41) is 0. The van der Waals surface area contributed by atoms with E-state index in [4.69, 9.17) is 16.2 Å². The van der Waals surface area contributed by atoms with Crippen LogP contribution in [0.5, 0.6) is 5.75 Å². The fourth-order valence-corrected chi connectivity index (χ4v) is 0.936. The molecule has 76 valence electrons. The SMILES string of the molecule is CCC(=O)COc1cc(N)ccc1N. The lowest BCUT2D eigenvalue weighted by atomic mass is 10.2. The van der Waals surface area contributed by atoms with E-state index in [9.17, 15) is 4.79 Å². The van der Waals surface area contributed by atoms with Crippen LogP contribution in [-0.4, -0.2) is 12.4 Å². The van der Waals surface area contributed by atoms with Crippen molar-refractivity contribution in [2.45, 2.75) is 13.3 Å². The smallest absolute Gasteiger partial charge is 0.169 e. The summed E-state index contributed by atoms with van der Waals surface area (Å²) >= 11 is 0. The number of benzene rings is 1. The minimum atomic E-state index is 0.0341. The number of rotatable bonds is 4. The van der Waals surface area contributed by atoms with Gasteiger partial charge in [-0.25, -0.2) is 0 Å². The highest BCUT2D eigenvalue weighted by molar-refractivity contribution is 5.79. The van der Waals surface area contributed by atoms with E-state index >= 15 is 0 Å². The van der Waals surface area contributed by atoms with E-state index in [1.807, 2.05) is 0 Å². The van der Waals surface area contributed by atoms with Gasteiger partial charge < -0.3 is 16.2 Å². The monoisotopic (exact) mass is 194 g/mol. The maximum atomic E-state index is 11.0. The van der Waals surface area contributed by atoms with Crippen molar-refractivity contribution in [3.63, 3.8) is 0 Å². The van der Waals surface area contributed by atoms with Crippen LogP contribution in [0, 0.1) is 0 Å². The van der Waals surface area contributed by atoms with Crippen molar-refractivity contribution in [3.05, 3.63) is 18.2 Å². The Bertz CT molecular complexity index is 337. The number of nitrogen functional groups attached to an aromatic ring is 2. The molecular formula is C10H14N2O2. The first-order valence-corrected chi connectivity index (χ1v) is 4.43. The third kappa shape index (κ3) is 2.65. The predicted octanol–water partition coefficient (Wildman–Crippen LogP) is 1.21. The average Bonchev–Trinajstić information content (AvgIpc) is 2.19. The van der Waals surface area contributed by atoms with Gasteiger partial charge in [-0.1, -0.05) is 6.92 Å². The zero-order chi connectivity index (χ0) is 10.6. The highest BCUT2D eigenvalue weighted by atomic mass is 16.5. The predicted molar refractivity (Wildman–Crippen MR) is 56.1 cm³/mol. The molecule has 0 aromatic heterocycles. The standard InChI is InChI=1S/C10H14N2O2/c1-2-8(13)6-14-10-5-7(11)3-4-9(10)12/h3-5H,2,6,11-12H2,1H3. The van der Waals surface area contributed by atoms with Crippen LogP contribution in [-0.2, 0) is 4.79 Å². The van der Waals surface area contributed by atoms with Gasteiger partial charge in [0.25, 0.3) is 0 Å². The fraction of sp³-hybridized carbons (Fsp3) is 0.300. The van der Waals surface area contributed by atoms with Crippen LogP contribution in [0.4, 0.5) is 11.4 Å². The minimum Gasteiger partial charge on any atom is -0.484 e. The molecular weight excluding hydrogens is 180 g/mol. The number of ether oxygens (including phenoxy) is 1. The summed E-state index contributed by atoms with van der Waals surface area (Å²) in [5.74, 6) is 0.499. The van der Waals surface area contributed by atoms with E-state index in [1.165, 1.54) is 0 Å². The zero-order valence-corrected chi connectivity index (χ0v) is 8.12. The Balaban J connectivity index is 2.66. The summed E-state index contributed by atoms with van der Waals surface area (Å²) in [4.78, 5) is 11.0. The van der Waals surface area contributed by atoms with E-state index in [0.717, 1.165) is 0 Å². The minimum absolute atomic E-state index is 0.0341. The number of hydrogen-bond acceptors (Lipinski definition) is 4. The molecule has 0 aliphatic rings. The molecule has 0 aliphatic heterocycles. The first kappa shape index (κ1) is 10.4. The zero-order valence-electron chi connectivity index (χ0n) is 8.12. The topological polar surface area (TPSA) is 78.3 Å². The van der Waals surface area contributed by atoms with Gasteiger partial charge in [-0.15, -0.1) is 0 Å². The summed E-state index contributed by atoms with van der Waals surface area (Å²) in [7, 11) is 0. The molecule has 0 saturated carbocycles. The van der Waals surface area contributed by atoms with Crippen LogP contribution >= 0.6 is 0 Å². The van der Waals surface area contributed by atoms with Crippen LogP contribution < -0.4 is 16.2 Å². The van der Waals surface area contributed by atoms with Gasteiger partial charge in [-0.3, -0.25) is 4.79 Å². The van der Waals surface area contributed by atoms with Crippen molar-refractivity contribution in [1.29, 1.82) is 0 Å². The number of Topliss-reactive ketones (excluding diaryl/α,β-unsaturated/α-hetero) is 1. The van der Waals surface area contributed by atoms with Gasteiger partial charge in [-0.05, 0) is 12.1 Å². The van der Waals surface area contributed by atoms with Crippen LogP contribution in [0.1, 0.15) is 13.3 Å². The van der Waals surface area contributed by atoms with Crippen LogP contribution in [0.25, 0.3) is 0 Å². The number of hydrogen-bond donors (Lipinski definition) is 2. The largest absolute Gasteiger partial charge is 0.484 e. The Morgan fingerprint density at radius 3 is 2.79 bits per heavy atom. The van der Waals surface area contributed by atoms with E-state index in [0.29, 0.717) is 23.5 Å². The second kappa shape index (κ2) is 4.50. The second-order valence-electron chi connectivity index (χ2n) is 2.98. The summed E-state index contributed by atoms with van der Waals surface area (Å²) in [6, 6.07) is 4.95. The van der Waals surface area contributed by atoms with Crippen molar-refractivity contribution in [2.75, 3.05) is 18.1 Å². The Hall–Kier alpha value is -1.71. The van der Waals surface area contributed by atoms with Crippen molar-refractivity contribution in [3.8, 4) is 5.75 Å². The average molecular weight is 194 g/mol. The van der Waals surface area contributed by atoms with Crippen molar-refractivity contribution in [2.24, 2.45) is 0 Å². The molecule has 0 aliphatic carbocycles. The number of nitrogens with two attached hydrogens (primary N) is 2. The van der Waals surface area contributed by atoms with Gasteiger partial charge >= 0.3 is 0 Å². The Kier molecular flexibility index (Phi) is 3.34. The van der Waals surface area contributed by atoms with Gasteiger partial charge in [-0.2, -0.15) is 0 Å². The molecule has 0 unspecified atom stereocenters. The van der Waals surface area contributed by atoms with Gasteiger partial charge in [0.1, 0.15) is 12.4 Å². The van der Waals surface area contributed by atoms with Crippen molar-refractivity contribution >= 4 is 17.2 Å². The number of carbonyl (C=O) groups is 1. The number of carbonyl (C=O) groups excluding carboxylic acids is 1. The lowest BCUT2D eigenvalue weighted by molar-refractivity contribution is -0.120. The van der Waals surface area contributed by atoms with E-state index in [1.54, 1.807) is 25.1 Å². The first-order valence-electron chi connectivity index (χ1n) is 4.43. The molecule has 0 spiro atoms. The lowest BCUT2D eigenvalue weighted by Crippen LogP contribution is -2.10.